The van der Waals surface area contributed by atoms with Gasteiger partial charge in [0.25, 0.3) is 5.56 Å². The number of hydrogen-bond acceptors (Lipinski definition) is 3. The van der Waals surface area contributed by atoms with Crippen LogP contribution in [0.3, 0.4) is 0 Å². The van der Waals surface area contributed by atoms with Crippen molar-refractivity contribution in [2.75, 3.05) is 0 Å². The summed E-state index contributed by atoms with van der Waals surface area (Å²) in [4.78, 5) is 16.0. The first-order valence-corrected chi connectivity index (χ1v) is 6.63. The first-order valence-electron chi connectivity index (χ1n) is 5.87. The predicted molar refractivity (Wildman–Crippen MR) is 79.5 cm³/mol. The minimum Gasteiger partial charge on any atom is -0.267 e. The summed E-state index contributed by atoms with van der Waals surface area (Å²) in [5.74, 6) is 0. The Bertz CT molecular complexity index is 854. The van der Waals surface area contributed by atoms with Crippen LogP contribution in [0, 0.1) is 6.92 Å². The number of nitrogens with zero attached hydrogens (tertiary/aromatic N) is 3. The molecule has 0 saturated heterocycles. The highest BCUT2D eigenvalue weighted by molar-refractivity contribution is 6.39. The van der Waals surface area contributed by atoms with Crippen molar-refractivity contribution >= 4 is 28.7 Å². The summed E-state index contributed by atoms with van der Waals surface area (Å²) >= 11 is 12.4. The van der Waals surface area contributed by atoms with Crippen LogP contribution in [0.5, 0.6) is 0 Å². The molecule has 0 radical (unpaired) electrons. The van der Waals surface area contributed by atoms with Crippen LogP contribution in [-0.2, 0) is 0 Å². The Balaban J connectivity index is 2.47. The Labute approximate surface area is 124 Å². The molecule has 0 N–H and O–H groups in total. The molecule has 6 heteroatoms. The Hall–Kier alpha value is -1.91. The van der Waals surface area contributed by atoms with E-state index in [1.54, 1.807) is 28.8 Å². The molecule has 1 aromatic carbocycles. The quantitative estimate of drug-likeness (QED) is 0.692. The van der Waals surface area contributed by atoms with Gasteiger partial charge in [-0.15, -0.1) is 0 Å². The van der Waals surface area contributed by atoms with Gasteiger partial charge in [-0.05, 0) is 31.2 Å². The molecular formula is C14H9Cl2N3O. The zero-order valence-corrected chi connectivity index (χ0v) is 12.0. The summed E-state index contributed by atoms with van der Waals surface area (Å²) in [6.45, 7) is 1.86. The third kappa shape index (κ3) is 2.07. The lowest BCUT2D eigenvalue weighted by Gasteiger charge is -2.09. The second-order valence-corrected chi connectivity index (χ2v) is 5.14. The summed E-state index contributed by atoms with van der Waals surface area (Å²) in [6.07, 6.45) is 1.39. The van der Waals surface area contributed by atoms with E-state index < -0.39 is 0 Å². The van der Waals surface area contributed by atoms with Gasteiger partial charge >= 0.3 is 0 Å². The van der Waals surface area contributed by atoms with Gasteiger partial charge in [0.1, 0.15) is 6.33 Å². The van der Waals surface area contributed by atoms with Gasteiger partial charge in [0.05, 0.1) is 26.8 Å². The fourth-order valence-electron chi connectivity index (χ4n) is 2.07. The van der Waals surface area contributed by atoms with Gasteiger partial charge < -0.3 is 0 Å². The van der Waals surface area contributed by atoms with Crippen molar-refractivity contribution < 1.29 is 0 Å². The minimum absolute atomic E-state index is 0.357. The van der Waals surface area contributed by atoms with Crippen LogP contribution < -0.4 is 5.56 Å². The molecule has 0 atom stereocenters. The molecule has 0 unspecified atom stereocenters. The average molecular weight is 306 g/mol. The van der Waals surface area contributed by atoms with Crippen LogP contribution in [0.1, 0.15) is 5.69 Å². The smallest absolute Gasteiger partial charge is 0.267 e. The van der Waals surface area contributed by atoms with E-state index in [4.69, 9.17) is 23.2 Å². The number of aromatic nitrogens is 3. The van der Waals surface area contributed by atoms with Crippen LogP contribution in [-0.4, -0.2) is 14.6 Å². The number of halogens is 2. The molecule has 0 aliphatic heterocycles. The van der Waals surface area contributed by atoms with Gasteiger partial charge in [-0.2, -0.15) is 10.1 Å². The highest BCUT2D eigenvalue weighted by atomic mass is 35.5. The third-order valence-electron chi connectivity index (χ3n) is 2.96. The maximum Gasteiger partial charge on any atom is 0.281 e. The molecule has 3 aromatic rings. The molecule has 0 saturated carbocycles. The highest BCUT2D eigenvalue weighted by Crippen LogP contribution is 2.34. The molecule has 0 bridgehead atoms. The zero-order chi connectivity index (χ0) is 14.3. The first-order chi connectivity index (χ1) is 9.58. The minimum atomic E-state index is -0.384. The van der Waals surface area contributed by atoms with Gasteiger partial charge in [-0.3, -0.25) is 4.79 Å². The van der Waals surface area contributed by atoms with E-state index in [0.717, 1.165) is 5.69 Å². The standard InChI is InChI=1S/C14H9Cl2N3O/c1-8-5-6-11-13(14(20)17-7-19(11)18-8)12-9(15)3-2-4-10(12)16/h2-7H,1H3. The molecule has 20 heavy (non-hydrogen) atoms. The lowest BCUT2D eigenvalue weighted by atomic mass is 10.1. The van der Waals surface area contributed by atoms with Crippen LogP contribution >= 0.6 is 23.2 Å². The Morgan fingerprint density at radius 1 is 1.05 bits per heavy atom. The summed E-state index contributed by atoms with van der Waals surface area (Å²) in [5, 5.41) is 5.11. The second kappa shape index (κ2) is 4.89. The third-order valence-corrected chi connectivity index (χ3v) is 3.59. The van der Waals surface area contributed by atoms with E-state index in [1.165, 1.54) is 6.33 Å². The molecule has 2 aromatic heterocycles. The van der Waals surface area contributed by atoms with Crippen molar-refractivity contribution in [3.8, 4) is 11.1 Å². The molecule has 0 aliphatic carbocycles. The van der Waals surface area contributed by atoms with Crippen molar-refractivity contribution in [1.29, 1.82) is 0 Å². The fraction of sp³-hybridized carbons (Fsp3) is 0.0714. The van der Waals surface area contributed by atoms with E-state index in [9.17, 15) is 4.79 Å². The van der Waals surface area contributed by atoms with E-state index in [1.807, 2.05) is 13.0 Å². The lowest BCUT2D eigenvalue weighted by Crippen LogP contribution is -2.14. The van der Waals surface area contributed by atoms with Crippen molar-refractivity contribution in [3.05, 3.63) is 62.8 Å². The van der Waals surface area contributed by atoms with E-state index in [2.05, 4.69) is 10.1 Å². The second-order valence-electron chi connectivity index (χ2n) is 4.33. The fourth-order valence-corrected chi connectivity index (χ4v) is 2.66. The van der Waals surface area contributed by atoms with Crippen LogP contribution in [0.4, 0.5) is 0 Å². The number of benzene rings is 1. The largest absolute Gasteiger partial charge is 0.281 e. The summed E-state index contributed by atoms with van der Waals surface area (Å²) in [5.41, 5.74) is 1.89. The molecule has 2 heterocycles. The Morgan fingerprint density at radius 3 is 2.45 bits per heavy atom. The monoisotopic (exact) mass is 305 g/mol. The average Bonchev–Trinajstić information content (AvgIpc) is 2.41. The number of hydrogen-bond donors (Lipinski definition) is 0. The zero-order valence-electron chi connectivity index (χ0n) is 10.5. The molecule has 0 fully saturated rings. The van der Waals surface area contributed by atoms with E-state index >= 15 is 0 Å². The molecule has 100 valence electrons. The van der Waals surface area contributed by atoms with E-state index in [-0.39, 0.29) is 5.56 Å². The number of aryl methyl sites for hydroxylation is 1. The van der Waals surface area contributed by atoms with Gasteiger partial charge in [0, 0.05) is 5.56 Å². The summed E-state index contributed by atoms with van der Waals surface area (Å²) in [7, 11) is 0. The first kappa shape index (κ1) is 13.1. The summed E-state index contributed by atoms with van der Waals surface area (Å²) < 4.78 is 1.55. The van der Waals surface area contributed by atoms with Crippen molar-refractivity contribution in [3.63, 3.8) is 0 Å². The molecular weight excluding hydrogens is 297 g/mol. The van der Waals surface area contributed by atoms with Crippen molar-refractivity contribution in [2.24, 2.45) is 0 Å². The Kier molecular flexibility index (Phi) is 3.20. The van der Waals surface area contributed by atoms with Gasteiger partial charge in [-0.1, -0.05) is 29.3 Å². The SMILES string of the molecule is Cc1ccc2c(-c3c(Cl)cccc3Cl)c(=O)ncn2n1. The van der Waals surface area contributed by atoms with Crippen LogP contribution in [0.2, 0.25) is 10.0 Å². The van der Waals surface area contributed by atoms with Crippen molar-refractivity contribution in [2.45, 2.75) is 6.92 Å². The molecule has 0 amide bonds. The number of rotatable bonds is 1. The van der Waals surface area contributed by atoms with Crippen molar-refractivity contribution in [1.82, 2.24) is 14.6 Å². The summed E-state index contributed by atoms with van der Waals surface area (Å²) in [6, 6.07) is 8.73. The van der Waals surface area contributed by atoms with Gasteiger partial charge in [-0.25, -0.2) is 4.52 Å². The van der Waals surface area contributed by atoms with Crippen LogP contribution in [0.15, 0.2) is 41.5 Å². The predicted octanol–water partition coefficient (Wildman–Crippen LogP) is 3.37. The molecule has 3 rings (SSSR count). The van der Waals surface area contributed by atoms with Crippen LogP contribution in [0.25, 0.3) is 16.6 Å². The topological polar surface area (TPSA) is 47.3 Å². The molecule has 0 aliphatic rings. The molecule has 4 nitrogen and oxygen atoms in total. The number of fused-ring (bicyclic) bond motifs is 1. The van der Waals surface area contributed by atoms with Gasteiger partial charge in [0.15, 0.2) is 0 Å². The maximum atomic E-state index is 12.2. The highest BCUT2D eigenvalue weighted by Gasteiger charge is 2.16. The Morgan fingerprint density at radius 2 is 1.75 bits per heavy atom. The van der Waals surface area contributed by atoms with E-state index in [0.29, 0.717) is 26.7 Å². The van der Waals surface area contributed by atoms with Gasteiger partial charge in [0.2, 0.25) is 0 Å². The maximum absolute atomic E-state index is 12.2. The lowest BCUT2D eigenvalue weighted by molar-refractivity contribution is 0.858. The normalized spacial score (nSPS) is 10.9. The molecule has 0 spiro atoms.